The predicted molar refractivity (Wildman–Crippen MR) is 98.3 cm³/mol. The fourth-order valence-corrected chi connectivity index (χ4v) is 4.34. The summed E-state index contributed by atoms with van der Waals surface area (Å²) in [6.45, 7) is 3.31. The summed E-state index contributed by atoms with van der Waals surface area (Å²) in [4.78, 5) is 30.3. The van der Waals surface area contributed by atoms with Crippen LogP contribution in [0.1, 0.15) is 39.0 Å². The van der Waals surface area contributed by atoms with Crippen LogP contribution in [0, 0.1) is 5.92 Å². The molecule has 3 rings (SSSR count). The van der Waals surface area contributed by atoms with Crippen LogP contribution in [-0.2, 0) is 9.59 Å². The molecular weight excluding hydrogens is 320 g/mol. The van der Waals surface area contributed by atoms with Crippen LogP contribution in [-0.4, -0.2) is 42.1 Å². The van der Waals surface area contributed by atoms with Crippen molar-refractivity contribution in [2.75, 3.05) is 24.2 Å². The smallest absolute Gasteiger partial charge is 0.228 e. The summed E-state index contributed by atoms with van der Waals surface area (Å²) < 4.78 is 0. The summed E-state index contributed by atoms with van der Waals surface area (Å²) in [5, 5.41) is 0. The summed E-state index contributed by atoms with van der Waals surface area (Å²) in [6.07, 6.45) is 7.03. The van der Waals surface area contributed by atoms with Gasteiger partial charge in [-0.2, -0.15) is 0 Å². The Bertz CT molecular complexity index is 596. The van der Waals surface area contributed by atoms with Crippen LogP contribution in [0.5, 0.6) is 0 Å². The van der Waals surface area contributed by atoms with Gasteiger partial charge >= 0.3 is 0 Å². The number of hydrogen-bond acceptors (Lipinski definition) is 3. The van der Waals surface area contributed by atoms with Crippen LogP contribution in [0.25, 0.3) is 0 Å². The monoisotopic (exact) mass is 346 g/mol. The minimum absolute atomic E-state index is 0.0627. The lowest BCUT2D eigenvalue weighted by atomic mass is 10.1. The molecule has 2 amide bonds. The molecule has 1 atom stereocenters. The molecule has 2 fully saturated rings. The second kappa shape index (κ2) is 7.60. The van der Waals surface area contributed by atoms with Gasteiger partial charge in [-0.25, -0.2) is 0 Å². The Morgan fingerprint density at radius 1 is 1.25 bits per heavy atom. The summed E-state index contributed by atoms with van der Waals surface area (Å²) in [6, 6.07) is 8.39. The maximum absolute atomic E-state index is 12.9. The van der Waals surface area contributed by atoms with E-state index in [1.54, 1.807) is 16.7 Å². The predicted octanol–water partition coefficient (Wildman–Crippen LogP) is 3.55. The quantitative estimate of drug-likeness (QED) is 0.766. The van der Waals surface area contributed by atoms with Gasteiger partial charge < -0.3 is 9.80 Å². The molecule has 0 N–H and O–H groups in total. The van der Waals surface area contributed by atoms with Crippen LogP contribution < -0.4 is 4.90 Å². The topological polar surface area (TPSA) is 40.6 Å². The van der Waals surface area contributed by atoms with Gasteiger partial charge in [0.05, 0.1) is 5.92 Å². The summed E-state index contributed by atoms with van der Waals surface area (Å²) >= 11 is 1.68. The molecule has 1 aliphatic carbocycles. The van der Waals surface area contributed by atoms with E-state index in [1.807, 2.05) is 42.3 Å². The Kier molecular flexibility index (Phi) is 5.49. The lowest BCUT2D eigenvalue weighted by Crippen LogP contribution is -2.43. The lowest BCUT2D eigenvalue weighted by molar-refractivity contribution is -0.137. The van der Waals surface area contributed by atoms with Crippen molar-refractivity contribution in [3.63, 3.8) is 0 Å². The highest BCUT2D eigenvalue weighted by molar-refractivity contribution is 7.98. The second-order valence-electron chi connectivity index (χ2n) is 6.67. The molecule has 1 aromatic rings. The first-order valence-electron chi connectivity index (χ1n) is 8.89. The highest BCUT2D eigenvalue weighted by Crippen LogP contribution is 2.30. The number of benzene rings is 1. The van der Waals surface area contributed by atoms with E-state index in [9.17, 15) is 9.59 Å². The number of carbonyl (C=O) groups is 2. The molecule has 1 saturated heterocycles. The first kappa shape index (κ1) is 17.3. The van der Waals surface area contributed by atoms with E-state index in [-0.39, 0.29) is 17.7 Å². The van der Waals surface area contributed by atoms with Crippen molar-refractivity contribution >= 4 is 29.3 Å². The molecule has 1 saturated carbocycles. The highest BCUT2D eigenvalue weighted by atomic mass is 32.2. The van der Waals surface area contributed by atoms with Crippen molar-refractivity contribution in [1.82, 2.24) is 4.90 Å². The molecule has 0 radical (unpaired) electrons. The van der Waals surface area contributed by atoms with Crippen LogP contribution in [0.15, 0.2) is 29.2 Å². The molecule has 4 nitrogen and oxygen atoms in total. The minimum atomic E-state index is -0.196. The van der Waals surface area contributed by atoms with E-state index in [0.717, 1.165) is 25.1 Å². The van der Waals surface area contributed by atoms with Crippen molar-refractivity contribution in [2.45, 2.75) is 50.0 Å². The van der Waals surface area contributed by atoms with Gasteiger partial charge in [0.15, 0.2) is 0 Å². The van der Waals surface area contributed by atoms with E-state index < -0.39 is 0 Å². The van der Waals surface area contributed by atoms with Crippen LogP contribution >= 0.6 is 11.8 Å². The normalized spacial score (nSPS) is 21.5. The van der Waals surface area contributed by atoms with E-state index in [4.69, 9.17) is 0 Å². The zero-order valence-electron chi connectivity index (χ0n) is 14.5. The van der Waals surface area contributed by atoms with Crippen molar-refractivity contribution in [3.05, 3.63) is 24.3 Å². The molecule has 0 bridgehead atoms. The summed E-state index contributed by atoms with van der Waals surface area (Å²) in [5.41, 5.74) is 0.900. The Labute approximate surface area is 148 Å². The van der Waals surface area contributed by atoms with Gasteiger partial charge in [0, 0.05) is 36.1 Å². The standard InChI is InChI=1S/C19H26N2O2S/c1-3-20(15-6-4-5-7-15)19(23)14-12-18(22)21(13-14)16-8-10-17(24-2)11-9-16/h8-11,14-15H,3-7,12-13H2,1-2H3. The Morgan fingerprint density at radius 3 is 2.50 bits per heavy atom. The molecule has 1 heterocycles. The third kappa shape index (κ3) is 3.46. The Balaban J connectivity index is 1.69. The number of carbonyl (C=O) groups excluding carboxylic acids is 2. The molecule has 2 aliphatic rings. The molecule has 1 aliphatic heterocycles. The van der Waals surface area contributed by atoms with E-state index in [0.29, 0.717) is 19.0 Å². The largest absolute Gasteiger partial charge is 0.340 e. The number of hydrogen-bond donors (Lipinski definition) is 0. The van der Waals surface area contributed by atoms with Gasteiger partial charge in [0.2, 0.25) is 11.8 Å². The lowest BCUT2D eigenvalue weighted by Gasteiger charge is -2.30. The number of anilines is 1. The molecule has 24 heavy (non-hydrogen) atoms. The SMILES string of the molecule is CCN(C(=O)C1CC(=O)N(c2ccc(SC)cc2)C1)C1CCCC1. The van der Waals surface area contributed by atoms with Gasteiger partial charge in [-0.3, -0.25) is 9.59 Å². The zero-order chi connectivity index (χ0) is 17.1. The van der Waals surface area contributed by atoms with Crippen molar-refractivity contribution in [3.8, 4) is 0 Å². The summed E-state index contributed by atoms with van der Waals surface area (Å²) in [7, 11) is 0. The highest BCUT2D eigenvalue weighted by Gasteiger charge is 2.38. The first-order valence-corrected chi connectivity index (χ1v) is 10.1. The van der Waals surface area contributed by atoms with E-state index >= 15 is 0 Å². The van der Waals surface area contributed by atoms with E-state index in [2.05, 4.69) is 0 Å². The second-order valence-corrected chi connectivity index (χ2v) is 7.55. The molecule has 130 valence electrons. The number of rotatable bonds is 5. The van der Waals surface area contributed by atoms with Crippen molar-refractivity contribution in [1.29, 1.82) is 0 Å². The zero-order valence-corrected chi connectivity index (χ0v) is 15.3. The third-order valence-electron chi connectivity index (χ3n) is 5.25. The number of nitrogens with zero attached hydrogens (tertiary/aromatic N) is 2. The van der Waals surface area contributed by atoms with Crippen molar-refractivity contribution < 1.29 is 9.59 Å². The van der Waals surface area contributed by atoms with Crippen LogP contribution in [0.3, 0.4) is 0 Å². The van der Waals surface area contributed by atoms with Crippen molar-refractivity contribution in [2.24, 2.45) is 5.92 Å². The Hall–Kier alpha value is -1.49. The molecule has 5 heteroatoms. The fraction of sp³-hybridized carbons (Fsp3) is 0.579. The fourth-order valence-electron chi connectivity index (χ4n) is 3.93. The molecular formula is C19H26N2O2S. The Morgan fingerprint density at radius 2 is 1.92 bits per heavy atom. The maximum atomic E-state index is 12.9. The number of amides is 2. The first-order chi connectivity index (χ1) is 11.6. The average Bonchev–Trinajstić information content (AvgIpc) is 3.25. The van der Waals surface area contributed by atoms with Gasteiger partial charge in [-0.05, 0) is 50.3 Å². The average molecular weight is 346 g/mol. The van der Waals surface area contributed by atoms with Crippen LogP contribution in [0.4, 0.5) is 5.69 Å². The van der Waals surface area contributed by atoms with E-state index in [1.165, 1.54) is 17.7 Å². The number of thioether (sulfide) groups is 1. The molecule has 1 unspecified atom stereocenters. The van der Waals surface area contributed by atoms with Gasteiger partial charge in [0.1, 0.15) is 0 Å². The summed E-state index contributed by atoms with van der Waals surface area (Å²) in [5.74, 6) is 0.0342. The minimum Gasteiger partial charge on any atom is -0.340 e. The van der Waals surface area contributed by atoms with Gasteiger partial charge in [0.25, 0.3) is 0 Å². The maximum Gasteiger partial charge on any atom is 0.228 e. The third-order valence-corrected chi connectivity index (χ3v) is 5.99. The molecule has 0 aromatic heterocycles. The van der Waals surface area contributed by atoms with Gasteiger partial charge in [-0.15, -0.1) is 11.8 Å². The van der Waals surface area contributed by atoms with Crippen LogP contribution in [0.2, 0.25) is 0 Å². The molecule has 1 aromatic carbocycles. The van der Waals surface area contributed by atoms with Gasteiger partial charge in [-0.1, -0.05) is 12.8 Å². The molecule has 0 spiro atoms.